The standard InChI is InChI=1S/C18H47N5O11Si12/c1-41(2,3)30-44(28-39,16-6-11-21)33-46(18-8-13-23,32-43(26-37,27-38)15-5-10-20)34-45(29-40,17-7-12-22)31-42(24-35,25-36)14-4-9-19/h4-8,14-18H2,1-3,35-40H3. The van der Waals surface area contributed by atoms with Crippen LogP contribution in [0.1, 0.15) is 32.1 Å². The second kappa shape index (κ2) is 22.4. The van der Waals surface area contributed by atoms with Gasteiger partial charge in [-0.05, 0) is 19.6 Å². The molecule has 0 aliphatic rings. The lowest BCUT2D eigenvalue weighted by Crippen LogP contribution is -2.70. The van der Waals surface area contributed by atoms with Crippen LogP contribution in [0.25, 0.3) is 0 Å². The zero-order chi connectivity index (χ0) is 35.4. The van der Waals surface area contributed by atoms with Gasteiger partial charge in [-0.15, -0.1) is 0 Å². The quantitative estimate of drug-likeness (QED) is 0.0757. The van der Waals surface area contributed by atoms with E-state index in [1.54, 1.807) is 0 Å². The van der Waals surface area contributed by atoms with Crippen LogP contribution in [0.3, 0.4) is 0 Å². The van der Waals surface area contributed by atoms with Crippen molar-refractivity contribution in [2.75, 3.05) is 0 Å². The molecule has 0 aromatic heterocycles. The summed E-state index contributed by atoms with van der Waals surface area (Å²) in [5, 5.41) is 47.9. The fourth-order valence-electron chi connectivity index (χ4n) is 4.13. The minimum Gasteiger partial charge on any atom is -0.425 e. The Labute approximate surface area is 297 Å². The summed E-state index contributed by atoms with van der Waals surface area (Å²) in [5.41, 5.74) is 0. The van der Waals surface area contributed by atoms with Crippen LogP contribution >= 0.6 is 0 Å². The van der Waals surface area contributed by atoms with Gasteiger partial charge in [0.2, 0.25) is 0 Å². The van der Waals surface area contributed by atoms with Gasteiger partial charge in [0.25, 0.3) is 0 Å². The predicted molar refractivity (Wildman–Crippen MR) is 199 cm³/mol. The van der Waals surface area contributed by atoms with Gasteiger partial charge in [0, 0.05) is 62.3 Å². The third-order valence-electron chi connectivity index (χ3n) is 6.29. The highest BCUT2D eigenvalue weighted by molar-refractivity contribution is 6.90. The first-order valence-corrected chi connectivity index (χ1v) is 32.3. The summed E-state index contributed by atoms with van der Waals surface area (Å²) in [7, 11) is -20.5. The summed E-state index contributed by atoms with van der Waals surface area (Å²) in [6, 6.07) is 11.0. The Kier molecular flexibility index (Phi) is 22.2. The molecule has 0 N–H and O–H groups in total. The van der Waals surface area contributed by atoms with Crippen LogP contribution in [-0.4, -0.2) is 115 Å². The minimum atomic E-state index is -4.35. The highest BCUT2D eigenvalue weighted by atomic mass is 28.6. The van der Waals surface area contributed by atoms with Crippen LogP contribution < -0.4 is 0 Å². The van der Waals surface area contributed by atoms with Crippen molar-refractivity contribution in [2.45, 2.75) is 82.0 Å². The molecule has 0 spiro atoms. The van der Waals surface area contributed by atoms with E-state index in [-0.39, 0.29) is 125 Å². The molecule has 0 aromatic carbocycles. The summed E-state index contributed by atoms with van der Waals surface area (Å²) in [6.07, 6.45) is 0.122. The molecule has 3 unspecified atom stereocenters. The molecule has 0 fully saturated rings. The Morgan fingerprint density at radius 1 is 0.370 bits per heavy atom. The van der Waals surface area contributed by atoms with E-state index in [2.05, 4.69) is 30.3 Å². The lowest BCUT2D eigenvalue weighted by Gasteiger charge is -2.47. The maximum absolute atomic E-state index is 9.83. The summed E-state index contributed by atoms with van der Waals surface area (Å²) >= 11 is 0. The van der Waals surface area contributed by atoms with Gasteiger partial charge in [-0.2, -0.15) is 26.3 Å². The van der Waals surface area contributed by atoms with Crippen LogP contribution in [0.5, 0.6) is 0 Å². The fourth-order valence-corrected chi connectivity index (χ4v) is 41.8. The maximum Gasteiger partial charge on any atom is 0.479 e. The predicted octanol–water partition coefficient (Wildman–Crippen LogP) is -4.05. The van der Waals surface area contributed by atoms with Crippen molar-refractivity contribution in [3.8, 4) is 30.3 Å². The van der Waals surface area contributed by atoms with E-state index in [0.29, 0.717) is 0 Å². The van der Waals surface area contributed by atoms with E-state index < -0.39 is 52.3 Å². The SMILES string of the molecule is C[Si](C)(C)O[Si](CCC#N)(O[SiH3])O[Si](CCC#N)(O[Si](CCC#N)(O[SiH3])O[SiH3])O[Si](CCC#N)(O[SiH3])O[Si](CCC#N)(O[SiH3])O[SiH3]. The smallest absolute Gasteiger partial charge is 0.425 e. The average Bonchev–Trinajstić information content (AvgIpc) is 3.04. The number of hydrogen-bond donors (Lipinski definition) is 0. The van der Waals surface area contributed by atoms with Crippen molar-refractivity contribution in [2.24, 2.45) is 0 Å². The van der Waals surface area contributed by atoms with Gasteiger partial charge >= 0.3 is 44.0 Å². The van der Waals surface area contributed by atoms with E-state index in [9.17, 15) is 26.3 Å². The second-order valence-corrected chi connectivity index (χ2v) is 38.0. The van der Waals surface area contributed by atoms with E-state index in [4.69, 9.17) is 45.3 Å². The first kappa shape index (κ1) is 45.6. The van der Waals surface area contributed by atoms with Crippen LogP contribution in [0.4, 0.5) is 0 Å². The summed E-state index contributed by atoms with van der Waals surface area (Å²) < 4.78 is 70.4. The number of hydrogen-bond acceptors (Lipinski definition) is 16. The lowest BCUT2D eigenvalue weighted by atomic mass is 10.6. The molecule has 0 saturated heterocycles. The third-order valence-corrected chi connectivity index (χ3v) is 39.2. The van der Waals surface area contributed by atoms with Gasteiger partial charge in [0.1, 0.15) is 62.9 Å². The van der Waals surface area contributed by atoms with Crippen LogP contribution in [-0.2, 0) is 45.3 Å². The molecular weight excluding hydrogens is 799 g/mol. The summed E-state index contributed by atoms with van der Waals surface area (Å²) in [4.78, 5) is 0. The Hall–Kier alpha value is -0.387. The monoisotopic (exact) mass is 845 g/mol. The molecule has 0 aromatic rings. The topological polar surface area (TPSA) is 220 Å². The number of nitrogens with zero attached hydrogens (tertiary/aromatic N) is 5. The molecule has 0 saturated carbocycles. The number of nitriles is 5. The summed E-state index contributed by atoms with van der Waals surface area (Å²) in [6.45, 7) is 5.90. The molecule has 0 bridgehead atoms. The third kappa shape index (κ3) is 15.0. The van der Waals surface area contributed by atoms with Crippen LogP contribution in [0.2, 0.25) is 49.9 Å². The molecule has 0 heterocycles. The molecule has 3 atom stereocenters. The lowest BCUT2D eigenvalue weighted by molar-refractivity contribution is 0.110. The van der Waals surface area contributed by atoms with Crippen molar-refractivity contribution < 1.29 is 45.3 Å². The molecule has 46 heavy (non-hydrogen) atoms. The molecule has 16 nitrogen and oxygen atoms in total. The van der Waals surface area contributed by atoms with Crippen LogP contribution in [0.15, 0.2) is 0 Å². The average molecular weight is 847 g/mol. The van der Waals surface area contributed by atoms with Gasteiger partial charge in [0.05, 0.1) is 30.3 Å². The van der Waals surface area contributed by atoms with Crippen molar-refractivity contribution in [1.29, 1.82) is 26.3 Å². The van der Waals surface area contributed by atoms with Gasteiger partial charge < -0.3 is 45.3 Å². The first-order chi connectivity index (χ1) is 21.7. The highest BCUT2D eigenvalue weighted by Crippen LogP contribution is 2.38. The van der Waals surface area contributed by atoms with Crippen molar-refractivity contribution in [3.05, 3.63) is 0 Å². The Morgan fingerprint density at radius 3 is 0.848 bits per heavy atom. The Morgan fingerprint density at radius 2 is 0.587 bits per heavy atom. The second-order valence-electron chi connectivity index (χ2n) is 10.6. The fraction of sp³-hybridized carbons (Fsp3) is 0.722. The van der Waals surface area contributed by atoms with E-state index in [1.165, 1.54) is 0 Å². The zero-order valence-corrected chi connectivity index (χ0v) is 46.3. The maximum atomic E-state index is 9.83. The largest absolute Gasteiger partial charge is 0.479 e. The number of rotatable bonds is 26. The van der Waals surface area contributed by atoms with Gasteiger partial charge in [-0.3, -0.25) is 0 Å². The Balaban J connectivity index is 7.83. The van der Waals surface area contributed by atoms with E-state index in [1.807, 2.05) is 19.6 Å². The van der Waals surface area contributed by atoms with Crippen molar-refractivity contribution in [3.63, 3.8) is 0 Å². The first-order valence-electron chi connectivity index (χ1n) is 14.4. The van der Waals surface area contributed by atoms with E-state index in [0.717, 1.165) is 0 Å². The van der Waals surface area contributed by atoms with Gasteiger partial charge in [-0.25, -0.2) is 0 Å². The highest BCUT2D eigenvalue weighted by Gasteiger charge is 2.64. The molecule has 0 aliphatic carbocycles. The Bertz CT molecular complexity index is 1140. The van der Waals surface area contributed by atoms with Gasteiger partial charge in [0.15, 0.2) is 8.32 Å². The van der Waals surface area contributed by atoms with E-state index >= 15 is 0 Å². The molecular formula is C18H47N5O11Si12. The molecule has 258 valence electrons. The molecule has 0 amide bonds. The minimum absolute atomic E-state index is 0.0116. The van der Waals surface area contributed by atoms with Crippen molar-refractivity contribution in [1.82, 2.24) is 0 Å². The molecule has 28 heteroatoms. The van der Waals surface area contributed by atoms with Gasteiger partial charge in [-0.1, -0.05) is 0 Å². The molecule has 0 radical (unpaired) electrons. The van der Waals surface area contributed by atoms with Crippen molar-refractivity contribution >= 4 is 115 Å². The molecule has 0 rings (SSSR count). The summed E-state index contributed by atoms with van der Waals surface area (Å²) in [5.74, 6) is 0. The zero-order valence-electron chi connectivity index (χ0n) is 28.3. The normalized spacial score (nSPS) is 18.5. The van der Waals surface area contributed by atoms with Crippen LogP contribution in [0, 0.1) is 56.7 Å². The molecule has 0 aliphatic heterocycles.